The zero-order valence-corrected chi connectivity index (χ0v) is 18.2. The molecule has 1 aromatic carbocycles. The van der Waals surface area contributed by atoms with Crippen molar-refractivity contribution in [1.29, 1.82) is 0 Å². The Bertz CT molecular complexity index is 921. The van der Waals surface area contributed by atoms with Gasteiger partial charge in [-0.25, -0.2) is 9.78 Å². The summed E-state index contributed by atoms with van der Waals surface area (Å²) in [5.74, 6) is 0.243. The number of aromatic nitrogens is 2. The van der Waals surface area contributed by atoms with E-state index in [-0.39, 0.29) is 31.3 Å². The van der Waals surface area contributed by atoms with Gasteiger partial charge in [-0.05, 0) is 44.1 Å². The molecule has 0 atom stereocenters. The van der Waals surface area contributed by atoms with Crippen LogP contribution in [0.2, 0.25) is 0 Å². The fraction of sp³-hybridized carbons (Fsp3) is 0.522. The smallest absolute Gasteiger partial charge is 0.361 e. The van der Waals surface area contributed by atoms with E-state index in [1.165, 1.54) is 4.57 Å². The summed E-state index contributed by atoms with van der Waals surface area (Å²) in [4.78, 5) is 32.3. The quantitative estimate of drug-likeness (QED) is 0.612. The third kappa shape index (κ3) is 5.64. The van der Waals surface area contributed by atoms with Gasteiger partial charge in [0, 0.05) is 26.7 Å². The molecule has 1 fully saturated rings. The van der Waals surface area contributed by atoms with Crippen LogP contribution >= 0.6 is 0 Å². The molecule has 0 aliphatic carbocycles. The van der Waals surface area contributed by atoms with E-state index in [4.69, 9.17) is 14.6 Å². The van der Waals surface area contributed by atoms with Crippen molar-refractivity contribution in [3.05, 3.63) is 51.9 Å². The fourth-order valence-electron chi connectivity index (χ4n) is 3.85. The van der Waals surface area contributed by atoms with Crippen LogP contribution in [0.3, 0.4) is 0 Å². The Morgan fingerprint density at radius 3 is 2.58 bits per heavy atom. The van der Waals surface area contributed by atoms with Gasteiger partial charge in [0.15, 0.2) is 5.69 Å². The van der Waals surface area contributed by atoms with Crippen LogP contribution in [0.5, 0.6) is 5.75 Å². The number of rotatable bonds is 9. The number of carbonyl (C=O) groups is 1. The van der Waals surface area contributed by atoms with Gasteiger partial charge in [-0.1, -0.05) is 30.3 Å². The predicted molar refractivity (Wildman–Crippen MR) is 117 cm³/mol. The second-order valence-corrected chi connectivity index (χ2v) is 7.74. The van der Waals surface area contributed by atoms with Gasteiger partial charge in [-0.15, -0.1) is 0 Å². The van der Waals surface area contributed by atoms with E-state index in [1.807, 2.05) is 35.2 Å². The Labute approximate surface area is 182 Å². The van der Waals surface area contributed by atoms with Crippen molar-refractivity contribution < 1.29 is 19.4 Å². The van der Waals surface area contributed by atoms with Gasteiger partial charge in [0.1, 0.15) is 6.61 Å². The Morgan fingerprint density at radius 1 is 1.23 bits per heavy atom. The number of anilines is 1. The van der Waals surface area contributed by atoms with Crippen molar-refractivity contribution >= 4 is 11.9 Å². The van der Waals surface area contributed by atoms with Gasteiger partial charge in [0.05, 0.1) is 6.61 Å². The molecule has 168 valence electrons. The van der Waals surface area contributed by atoms with E-state index in [2.05, 4.69) is 4.98 Å². The molecular formula is C23H31N3O5. The maximum atomic E-state index is 13.1. The van der Waals surface area contributed by atoms with Crippen molar-refractivity contribution in [1.82, 2.24) is 9.55 Å². The number of nitrogens with zero attached hydrogens (tertiary/aromatic N) is 3. The molecule has 1 aliphatic rings. The summed E-state index contributed by atoms with van der Waals surface area (Å²) in [7, 11) is 1.65. The average molecular weight is 430 g/mol. The average Bonchev–Trinajstić information content (AvgIpc) is 2.80. The van der Waals surface area contributed by atoms with Crippen LogP contribution in [0.4, 0.5) is 5.95 Å². The van der Waals surface area contributed by atoms with Crippen molar-refractivity contribution in [2.75, 3.05) is 31.2 Å². The number of piperidine rings is 1. The third-order valence-electron chi connectivity index (χ3n) is 5.59. The Kier molecular flexibility index (Phi) is 8.06. The Balaban J connectivity index is 1.86. The highest BCUT2D eigenvalue weighted by Gasteiger charge is 2.27. The van der Waals surface area contributed by atoms with Crippen LogP contribution in [-0.2, 0) is 18.4 Å². The summed E-state index contributed by atoms with van der Waals surface area (Å²) in [5, 5.41) is 9.05. The summed E-state index contributed by atoms with van der Waals surface area (Å²) in [6.45, 7) is 3.73. The molecule has 1 aromatic heterocycles. The summed E-state index contributed by atoms with van der Waals surface area (Å²) in [5.41, 5.74) is 0.387. The molecule has 8 heteroatoms. The zero-order chi connectivity index (χ0) is 22.2. The lowest BCUT2D eigenvalue weighted by Gasteiger charge is -2.33. The first kappa shape index (κ1) is 22.8. The maximum Gasteiger partial charge on any atom is 0.361 e. The molecule has 1 saturated heterocycles. The normalized spacial score (nSPS) is 14.5. The van der Waals surface area contributed by atoms with Gasteiger partial charge < -0.3 is 19.5 Å². The standard InChI is InChI=1S/C23H31N3O5/c1-3-30-22(29)19-20(31-16-18-8-5-4-6-9-18)21(28)25(2)23(24-19)26-13-11-17(12-14-26)10-7-15-27/h4-6,8-9,17,27H,3,7,10-16H2,1-2H3. The lowest BCUT2D eigenvalue weighted by molar-refractivity contribution is 0.0512. The molecular weight excluding hydrogens is 398 g/mol. The van der Waals surface area contributed by atoms with Gasteiger partial charge in [0.2, 0.25) is 11.7 Å². The minimum absolute atomic E-state index is 0.0849. The molecule has 0 unspecified atom stereocenters. The molecule has 0 amide bonds. The molecule has 31 heavy (non-hydrogen) atoms. The van der Waals surface area contributed by atoms with Crippen LogP contribution in [0.25, 0.3) is 0 Å². The lowest BCUT2D eigenvalue weighted by atomic mass is 9.92. The Morgan fingerprint density at radius 2 is 1.94 bits per heavy atom. The van der Waals surface area contributed by atoms with Gasteiger partial charge in [-0.3, -0.25) is 9.36 Å². The zero-order valence-electron chi connectivity index (χ0n) is 18.2. The molecule has 2 heterocycles. The summed E-state index contributed by atoms with van der Waals surface area (Å²) in [6, 6.07) is 9.44. The monoisotopic (exact) mass is 429 g/mol. The first-order valence-electron chi connectivity index (χ1n) is 10.9. The van der Waals surface area contributed by atoms with Gasteiger partial charge in [0.25, 0.3) is 5.56 Å². The van der Waals surface area contributed by atoms with Gasteiger partial charge >= 0.3 is 5.97 Å². The highest BCUT2D eigenvalue weighted by atomic mass is 16.5. The summed E-state index contributed by atoms with van der Waals surface area (Å²) >= 11 is 0. The van der Waals surface area contributed by atoms with E-state index in [0.717, 1.165) is 44.3 Å². The van der Waals surface area contributed by atoms with Crippen LogP contribution < -0.4 is 15.2 Å². The predicted octanol–water partition coefficient (Wildman–Crippen LogP) is 2.52. The summed E-state index contributed by atoms with van der Waals surface area (Å²) < 4.78 is 12.4. The van der Waals surface area contributed by atoms with Crippen LogP contribution in [0.1, 0.15) is 48.7 Å². The van der Waals surface area contributed by atoms with E-state index in [0.29, 0.717) is 11.9 Å². The third-order valence-corrected chi connectivity index (χ3v) is 5.59. The summed E-state index contributed by atoms with van der Waals surface area (Å²) in [6.07, 6.45) is 3.71. The van der Waals surface area contributed by atoms with Crippen LogP contribution in [-0.4, -0.2) is 46.9 Å². The van der Waals surface area contributed by atoms with Gasteiger partial charge in [-0.2, -0.15) is 0 Å². The minimum atomic E-state index is -0.664. The van der Waals surface area contributed by atoms with E-state index < -0.39 is 11.5 Å². The highest BCUT2D eigenvalue weighted by molar-refractivity contribution is 5.90. The number of carbonyl (C=O) groups excluding carboxylic acids is 1. The SMILES string of the molecule is CCOC(=O)c1nc(N2CCC(CCCO)CC2)n(C)c(=O)c1OCc1ccccc1. The van der Waals surface area contributed by atoms with Crippen LogP contribution in [0, 0.1) is 5.92 Å². The molecule has 0 saturated carbocycles. The van der Waals surface area contributed by atoms with Crippen molar-refractivity contribution in [3.8, 4) is 5.75 Å². The number of aliphatic hydroxyl groups excluding tert-OH is 1. The largest absolute Gasteiger partial charge is 0.481 e. The molecule has 1 N–H and O–H groups in total. The van der Waals surface area contributed by atoms with Crippen molar-refractivity contribution in [3.63, 3.8) is 0 Å². The van der Waals surface area contributed by atoms with Crippen molar-refractivity contribution in [2.45, 2.75) is 39.2 Å². The molecule has 3 rings (SSSR count). The topological polar surface area (TPSA) is 93.9 Å². The number of benzene rings is 1. The number of aliphatic hydroxyl groups is 1. The molecule has 0 radical (unpaired) electrons. The second kappa shape index (κ2) is 10.9. The van der Waals surface area contributed by atoms with E-state index in [1.54, 1.807) is 14.0 Å². The van der Waals surface area contributed by atoms with Crippen LogP contribution in [0.15, 0.2) is 35.1 Å². The molecule has 1 aliphatic heterocycles. The van der Waals surface area contributed by atoms with E-state index >= 15 is 0 Å². The number of hydrogen-bond donors (Lipinski definition) is 1. The number of esters is 1. The lowest BCUT2D eigenvalue weighted by Crippen LogP contribution is -2.39. The second-order valence-electron chi connectivity index (χ2n) is 7.74. The Hall–Kier alpha value is -2.87. The molecule has 0 bridgehead atoms. The molecule has 0 spiro atoms. The first-order valence-corrected chi connectivity index (χ1v) is 10.9. The number of hydrogen-bond acceptors (Lipinski definition) is 7. The van der Waals surface area contributed by atoms with Crippen molar-refractivity contribution in [2.24, 2.45) is 13.0 Å². The minimum Gasteiger partial charge on any atom is -0.481 e. The molecule has 2 aromatic rings. The number of ether oxygens (including phenoxy) is 2. The van der Waals surface area contributed by atoms with E-state index in [9.17, 15) is 9.59 Å². The first-order chi connectivity index (χ1) is 15.0. The highest BCUT2D eigenvalue weighted by Crippen LogP contribution is 2.26. The fourth-order valence-corrected chi connectivity index (χ4v) is 3.85. The molecule has 8 nitrogen and oxygen atoms in total. The maximum absolute atomic E-state index is 13.1.